The van der Waals surface area contributed by atoms with Gasteiger partial charge >= 0.3 is 5.97 Å². The predicted octanol–water partition coefficient (Wildman–Crippen LogP) is 0.877. The van der Waals surface area contributed by atoms with Crippen LogP contribution in [0.15, 0.2) is 24.3 Å². The van der Waals surface area contributed by atoms with Crippen LogP contribution < -0.4 is 11.1 Å². The second-order valence-electron chi connectivity index (χ2n) is 4.05. The maximum Gasteiger partial charge on any atom is 0.308 e. The molecule has 1 aromatic rings. The van der Waals surface area contributed by atoms with Crippen molar-refractivity contribution >= 4 is 29.4 Å². The number of primary amides is 1. The third kappa shape index (κ3) is 5.27. The lowest BCUT2D eigenvalue weighted by molar-refractivity contribution is -0.153. The summed E-state index contributed by atoms with van der Waals surface area (Å²) in [5.74, 6) is -1.64. The predicted molar refractivity (Wildman–Crippen MR) is 73.2 cm³/mol. The summed E-state index contributed by atoms with van der Waals surface area (Å²) in [4.78, 5) is 33.7. The monoisotopic (exact) mass is 298 g/mol. The molecule has 0 heterocycles. The number of amides is 2. The number of carbonyl (C=O) groups excluding carboxylic acids is 3. The van der Waals surface area contributed by atoms with E-state index in [4.69, 9.17) is 22.1 Å². The molecule has 2 amide bonds. The van der Waals surface area contributed by atoms with Gasteiger partial charge in [0.05, 0.1) is 6.42 Å². The van der Waals surface area contributed by atoms with Crippen LogP contribution >= 0.6 is 11.6 Å². The molecule has 0 saturated carbocycles. The number of ether oxygens (including phenoxy) is 1. The fourth-order valence-corrected chi connectivity index (χ4v) is 1.42. The molecule has 0 fully saturated rings. The van der Waals surface area contributed by atoms with Crippen LogP contribution in [0, 0.1) is 0 Å². The van der Waals surface area contributed by atoms with Crippen molar-refractivity contribution in [3.05, 3.63) is 34.9 Å². The number of nitrogens with two attached hydrogens (primary N) is 1. The van der Waals surface area contributed by atoms with Crippen LogP contribution in [0.1, 0.15) is 23.7 Å². The van der Waals surface area contributed by atoms with E-state index in [0.29, 0.717) is 10.6 Å². The summed E-state index contributed by atoms with van der Waals surface area (Å²) >= 11 is 5.71. The van der Waals surface area contributed by atoms with Crippen molar-refractivity contribution in [2.24, 2.45) is 5.73 Å². The maximum atomic E-state index is 11.7. The molecule has 7 heteroatoms. The van der Waals surface area contributed by atoms with E-state index in [1.165, 1.54) is 6.92 Å². The van der Waals surface area contributed by atoms with E-state index in [1.54, 1.807) is 24.3 Å². The Labute approximate surface area is 121 Å². The van der Waals surface area contributed by atoms with Gasteiger partial charge in [0.15, 0.2) is 6.10 Å². The fourth-order valence-electron chi connectivity index (χ4n) is 1.30. The van der Waals surface area contributed by atoms with E-state index in [0.717, 1.165) is 0 Å². The molecule has 6 nitrogen and oxygen atoms in total. The van der Waals surface area contributed by atoms with Crippen LogP contribution in [0.3, 0.4) is 0 Å². The van der Waals surface area contributed by atoms with Gasteiger partial charge in [0.2, 0.25) is 0 Å². The molecule has 0 bridgehead atoms. The van der Waals surface area contributed by atoms with Crippen LogP contribution in [0.5, 0.6) is 0 Å². The second-order valence-corrected chi connectivity index (χ2v) is 4.48. The molecule has 0 saturated heterocycles. The molecule has 0 aliphatic rings. The van der Waals surface area contributed by atoms with E-state index in [2.05, 4.69) is 5.32 Å². The Kier molecular flexibility index (Phi) is 5.99. The molecule has 0 aliphatic carbocycles. The largest absolute Gasteiger partial charge is 0.453 e. The zero-order chi connectivity index (χ0) is 15.1. The fraction of sp³-hybridized carbons (Fsp3) is 0.308. The smallest absolute Gasteiger partial charge is 0.308 e. The van der Waals surface area contributed by atoms with Gasteiger partial charge in [-0.25, -0.2) is 0 Å². The summed E-state index contributed by atoms with van der Waals surface area (Å²) in [7, 11) is 0. The Hall–Kier alpha value is -2.08. The molecule has 20 heavy (non-hydrogen) atoms. The molecule has 108 valence electrons. The molecule has 3 N–H and O–H groups in total. The highest BCUT2D eigenvalue weighted by Crippen LogP contribution is 2.09. The van der Waals surface area contributed by atoms with Gasteiger partial charge in [-0.05, 0) is 31.2 Å². The topological polar surface area (TPSA) is 98.5 Å². The van der Waals surface area contributed by atoms with Crippen molar-refractivity contribution in [2.75, 3.05) is 6.54 Å². The van der Waals surface area contributed by atoms with Crippen LogP contribution in [-0.4, -0.2) is 30.4 Å². The third-order valence-corrected chi connectivity index (χ3v) is 2.68. The first-order valence-electron chi connectivity index (χ1n) is 5.92. The molecular formula is C13H15ClN2O4. The van der Waals surface area contributed by atoms with Gasteiger partial charge in [-0.3, -0.25) is 14.4 Å². The highest BCUT2D eigenvalue weighted by Gasteiger charge is 2.14. The molecule has 0 spiro atoms. The first-order chi connectivity index (χ1) is 9.40. The summed E-state index contributed by atoms with van der Waals surface area (Å²) < 4.78 is 4.73. The van der Waals surface area contributed by atoms with Crippen molar-refractivity contribution in [3.63, 3.8) is 0 Å². The zero-order valence-corrected chi connectivity index (χ0v) is 11.6. The minimum Gasteiger partial charge on any atom is -0.453 e. The van der Waals surface area contributed by atoms with E-state index in [-0.39, 0.29) is 18.9 Å². The minimum atomic E-state index is -0.977. The first-order valence-corrected chi connectivity index (χ1v) is 6.30. The zero-order valence-electron chi connectivity index (χ0n) is 10.9. The number of nitrogens with one attached hydrogen (secondary N) is 1. The average molecular weight is 299 g/mol. The van der Waals surface area contributed by atoms with Gasteiger partial charge in [0.25, 0.3) is 11.8 Å². The highest BCUT2D eigenvalue weighted by molar-refractivity contribution is 6.30. The van der Waals surface area contributed by atoms with Crippen molar-refractivity contribution in [2.45, 2.75) is 19.4 Å². The normalized spacial score (nSPS) is 11.5. The quantitative estimate of drug-likeness (QED) is 0.762. The van der Waals surface area contributed by atoms with Crippen molar-refractivity contribution in [1.82, 2.24) is 5.32 Å². The van der Waals surface area contributed by atoms with E-state index >= 15 is 0 Å². The Bertz CT molecular complexity index is 502. The van der Waals surface area contributed by atoms with Crippen molar-refractivity contribution in [3.8, 4) is 0 Å². The van der Waals surface area contributed by atoms with Crippen LogP contribution in [0.25, 0.3) is 0 Å². The number of hydrogen-bond acceptors (Lipinski definition) is 4. The first kappa shape index (κ1) is 16.0. The van der Waals surface area contributed by atoms with Crippen LogP contribution in [0.4, 0.5) is 0 Å². The third-order valence-electron chi connectivity index (χ3n) is 2.43. The summed E-state index contributed by atoms with van der Waals surface area (Å²) in [6.07, 6.45) is -1.02. The molecule has 0 radical (unpaired) electrons. The molecule has 1 atom stereocenters. The summed E-state index contributed by atoms with van der Waals surface area (Å²) in [5, 5.41) is 3.09. The Balaban J connectivity index is 2.33. The molecule has 1 aromatic carbocycles. The Morgan fingerprint density at radius 2 is 1.90 bits per heavy atom. The number of esters is 1. The maximum absolute atomic E-state index is 11.7. The van der Waals surface area contributed by atoms with Crippen molar-refractivity contribution < 1.29 is 19.1 Å². The highest BCUT2D eigenvalue weighted by atomic mass is 35.5. The molecular weight excluding hydrogens is 284 g/mol. The lowest BCUT2D eigenvalue weighted by atomic mass is 10.2. The summed E-state index contributed by atoms with van der Waals surface area (Å²) in [6.45, 7) is 1.48. The Morgan fingerprint density at radius 3 is 2.45 bits per heavy atom. The van der Waals surface area contributed by atoms with Gasteiger partial charge in [-0.2, -0.15) is 0 Å². The standard InChI is InChI=1S/C13H15ClN2O4/c1-8(12(15)18)20-11(17)6-7-16-13(19)9-2-4-10(14)5-3-9/h2-5,8H,6-7H2,1H3,(H2,15,18)(H,16,19)/t8-/m0/s1. The Morgan fingerprint density at radius 1 is 1.30 bits per heavy atom. The van der Waals surface area contributed by atoms with E-state index in [1.807, 2.05) is 0 Å². The van der Waals surface area contributed by atoms with Gasteiger partial charge in [0.1, 0.15) is 0 Å². The van der Waals surface area contributed by atoms with Gasteiger partial charge in [-0.15, -0.1) is 0 Å². The number of hydrogen-bond donors (Lipinski definition) is 2. The number of carbonyl (C=O) groups is 3. The summed E-state index contributed by atoms with van der Waals surface area (Å²) in [6, 6.07) is 6.34. The van der Waals surface area contributed by atoms with Crippen LogP contribution in [-0.2, 0) is 14.3 Å². The minimum absolute atomic E-state index is 0.0447. The molecule has 0 aliphatic heterocycles. The van der Waals surface area contributed by atoms with E-state index < -0.39 is 18.0 Å². The van der Waals surface area contributed by atoms with Gasteiger partial charge < -0.3 is 15.8 Å². The van der Waals surface area contributed by atoms with Crippen LogP contribution in [0.2, 0.25) is 5.02 Å². The molecule has 0 unspecified atom stereocenters. The number of halogens is 1. The number of rotatable bonds is 6. The van der Waals surface area contributed by atoms with Gasteiger partial charge in [0, 0.05) is 17.1 Å². The second kappa shape index (κ2) is 7.49. The van der Waals surface area contributed by atoms with Gasteiger partial charge in [-0.1, -0.05) is 11.6 Å². The van der Waals surface area contributed by atoms with E-state index in [9.17, 15) is 14.4 Å². The lowest BCUT2D eigenvalue weighted by Gasteiger charge is -2.09. The lowest BCUT2D eigenvalue weighted by Crippen LogP contribution is -2.32. The average Bonchev–Trinajstić information content (AvgIpc) is 2.39. The number of benzene rings is 1. The van der Waals surface area contributed by atoms with Crippen molar-refractivity contribution in [1.29, 1.82) is 0 Å². The summed E-state index contributed by atoms with van der Waals surface area (Å²) in [5.41, 5.74) is 5.39. The molecule has 1 rings (SSSR count). The SMILES string of the molecule is C[C@H](OC(=O)CCNC(=O)c1ccc(Cl)cc1)C(N)=O. The molecule has 0 aromatic heterocycles.